The molecule has 0 saturated carbocycles. The monoisotopic (exact) mass is 420 g/mol. The molecule has 0 bridgehead atoms. The number of anilines is 2. The van der Waals surface area contributed by atoms with Gasteiger partial charge in [0, 0.05) is 19.0 Å². The number of amides is 1. The molecule has 156 valence electrons. The van der Waals surface area contributed by atoms with E-state index in [-0.39, 0.29) is 30.9 Å². The van der Waals surface area contributed by atoms with Crippen molar-refractivity contribution >= 4 is 33.3 Å². The summed E-state index contributed by atoms with van der Waals surface area (Å²) in [7, 11) is -0.773. The number of carbonyl (C=O) groups excluding carboxylic acids is 2. The summed E-state index contributed by atoms with van der Waals surface area (Å²) in [6, 6.07) is 13.2. The van der Waals surface area contributed by atoms with Gasteiger partial charge in [0.05, 0.1) is 37.4 Å². The molecular formula is C20H24N2O6S. The summed E-state index contributed by atoms with van der Waals surface area (Å²) >= 11 is 0. The van der Waals surface area contributed by atoms with Crippen LogP contribution in [0.3, 0.4) is 0 Å². The third-order valence-corrected chi connectivity index (χ3v) is 5.31. The van der Waals surface area contributed by atoms with E-state index in [1.165, 1.54) is 18.5 Å². The van der Waals surface area contributed by atoms with Gasteiger partial charge in [-0.15, -0.1) is 0 Å². The molecular weight excluding hydrogens is 396 g/mol. The molecule has 29 heavy (non-hydrogen) atoms. The molecule has 2 aromatic carbocycles. The molecule has 1 N–H and O–H groups in total. The predicted molar refractivity (Wildman–Crippen MR) is 111 cm³/mol. The van der Waals surface area contributed by atoms with Gasteiger partial charge in [-0.3, -0.25) is 9.10 Å². The van der Waals surface area contributed by atoms with Crippen molar-refractivity contribution in [2.75, 3.05) is 36.6 Å². The number of carbonyl (C=O) groups is 2. The Morgan fingerprint density at radius 3 is 2.45 bits per heavy atom. The van der Waals surface area contributed by atoms with E-state index in [9.17, 15) is 18.0 Å². The fourth-order valence-electron chi connectivity index (χ4n) is 2.73. The summed E-state index contributed by atoms with van der Waals surface area (Å²) in [6.45, 7) is 0.123. The van der Waals surface area contributed by atoms with Crippen molar-refractivity contribution in [3.8, 4) is 5.75 Å². The van der Waals surface area contributed by atoms with Gasteiger partial charge in [-0.25, -0.2) is 13.2 Å². The number of hydrogen-bond acceptors (Lipinski definition) is 6. The molecule has 8 nitrogen and oxygen atoms in total. The van der Waals surface area contributed by atoms with E-state index in [1.54, 1.807) is 48.5 Å². The highest BCUT2D eigenvalue weighted by atomic mass is 32.2. The molecule has 0 aliphatic rings. The second kappa shape index (κ2) is 9.92. The number of nitrogens with one attached hydrogen (secondary N) is 1. The van der Waals surface area contributed by atoms with E-state index in [0.29, 0.717) is 17.1 Å². The van der Waals surface area contributed by atoms with E-state index in [2.05, 4.69) is 5.32 Å². The molecule has 0 fully saturated rings. The standard InChI is InChI=1S/C20H24N2O6S/c1-27-16-9-6-8-15(14-16)22(29(3,25)26)13-7-12-19(23)21-18-11-5-4-10-17(18)20(24)28-2/h4-6,8-11,14H,7,12-13H2,1-3H3,(H,21,23). The molecule has 0 heterocycles. The molecule has 0 aromatic heterocycles. The summed E-state index contributed by atoms with van der Waals surface area (Å²) in [5.41, 5.74) is 1.05. The lowest BCUT2D eigenvalue weighted by Gasteiger charge is -2.22. The summed E-state index contributed by atoms with van der Waals surface area (Å²) in [4.78, 5) is 24.1. The molecule has 0 spiro atoms. The van der Waals surface area contributed by atoms with Crippen LogP contribution < -0.4 is 14.4 Å². The average Bonchev–Trinajstić information content (AvgIpc) is 2.70. The van der Waals surface area contributed by atoms with Crippen LogP contribution in [0.4, 0.5) is 11.4 Å². The van der Waals surface area contributed by atoms with Crippen molar-refractivity contribution in [3.63, 3.8) is 0 Å². The molecule has 9 heteroatoms. The zero-order valence-corrected chi connectivity index (χ0v) is 17.4. The van der Waals surface area contributed by atoms with E-state index in [1.807, 2.05) is 0 Å². The summed E-state index contributed by atoms with van der Waals surface area (Å²) in [6.07, 6.45) is 1.47. The smallest absolute Gasteiger partial charge is 0.339 e. The summed E-state index contributed by atoms with van der Waals surface area (Å²) in [5, 5.41) is 2.67. The number of methoxy groups -OCH3 is 2. The lowest BCUT2D eigenvalue weighted by molar-refractivity contribution is -0.116. The normalized spacial score (nSPS) is 10.9. The van der Waals surface area contributed by atoms with Gasteiger partial charge in [-0.05, 0) is 30.7 Å². The van der Waals surface area contributed by atoms with Gasteiger partial charge in [-0.2, -0.15) is 0 Å². The molecule has 2 aromatic rings. The fourth-order valence-corrected chi connectivity index (χ4v) is 3.69. The minimum Gasteiger partial charge on any atom is -0.497 e. The number of nitrogens with zero attached hydrogens (tertiary/aromatic N) is 1. The Morgan fingerprint density at radius 1 is 1.07 bits per heavy atom. The number of rotatable bonds is 9. The van der Waals surface area contributed by atoms with Crippen molar-refractivity contribution in [1.82, 2.24) is 0 Å². The van der Waals surface area contributed by atoms with Crippen LogP contribution in [-0.4, -0.2) is 47.3 Å². The van der Waals surface area contributed by atoms with Gasteiger partial charge < -0.3 is 14.8 Å². The number of benzene rings is 2. The van der Waals surface area contributed by atoms with Crippen molar-refractivity contribution in [3.05, 3.63) is 54.1 Å². The van der Waals surface area contributed by atoms with Gasteiger partial charge in [0.1, 0.15) is 5.75 Å². The lowest BCUT2D eigenvalue weighted by atomic mass is 10.1. The Bertz CT molecular complexity index is 974. The summed E-state index contributed by atoms with van der Waals surface area (Å²) < 4.78 is 35.4. The average molecular weight is 420 g/mol. The number of para-hydroxylation sites is 1. The Morgan fingerprint density at radius 2 is 1.79 bits per heavy atom. The second-order valence-corrected chi connectivity index (χ2v) is 8.13. The predicted octanol–water partition coefficient (Wildman–Crippen LogP) is 2.67. The third-order valence-electron chi connectivity index (χ3n) is 4.11. The molecule has 0 unspecified atom stereocenters. The molecule has 0 saturated heterocycles. The van der Waals surface area contributed by atoms with Crippen LogP contribution in [-0.2, 0) is 19.6 Å². The van der Waals surface area contributed by atoms with Crippen molar-refractivity contribution < 1.29 is 27.5 Å². The maximum absolute atomic E-state index is 12.3. The molecule has 0 radical (unpaired) electrons. The van der Waals surface area contributed by atoms with Gasteiger partial charge in [-0.1, -0.05) is 18.2 Å². The third kappa shape index (κ3) is 6.21. The van der Waals surface area contributed by atoms with Crippen LogP contribution in [0, 0.1) is 0 Å². The van der Waals surface area contributed by atoms with Crippen molar-refractivity contribution in [1.29, 1.82) is 0 Å². The van der Waals surface area contributed by atoms with Gasteiger partial charge in [0.25, 0.3) is 0 Å². The van der Waals surface area contributed by atoms with Crippen LogP contribution >= 0.6 is 0 Å². The Balaban J connectivity index is 2.03. The number of hydrogen-bond donors (Lipinski definition) is 1. The quantitative estimate of drug-likeness (QED) is 0.626. The minimum absolute atomic E-state index is 0.0749. The lowest BCUT2D eigenvalue weighted by Crippen LogP contribution is -2.31. The van der Waals surface area contributed by atoms with Crippen molar-refractivity contribution in [2.24, 2.45) is 0 Å². The number of esters is 1. The highest BCUT2D eigenvalue weighted by Crippen LogP contribution is 2.23. The molecule has 0 aliphatic carbocycles. The molecule has 0 aliphatic heterocycles. The van der Waals surface area contributed by atoms with Crippen LogP contribution in [0.15, 0.2) is 48.5 Å². The maximum atomic E-state index is 12.3. The Hall–Kier alpha value is -3.07. The van der Waals surface area contributed by atoms with Crippen LogP contribution in [0.25, 0.3) is 0 Å². The van der Waals surface area contributed by atoms with Crippen LogP contribution in [0.1, 0.15) is 23.2 Å². The number of sulfonamides is 1. The first kappa shape index (κ1) is 22.2. The maximum Gasteiger partial charge on any atom is 0.339 e. The second-order valence-electron chi connectivity index (χ2n) is 6.23. The zero-order valence-electron chi connectivity index (χ0n) is 16.5. The van der Waals surface area contributed by atoms with E-state index in [0.717, 1.165) is 6.26 Å². The first-order valence-corrected chi connectivity index (χ1v) is 10.7. The van der Waals surface area contributed by atoms with E-state index < -0.39 is 16.0 Å². The SMILES string of the molecule is COC(=O)c1ccccc1NC(=O)CCCN(c1cccc(OC)c1)S(C)(=O)=O. The first-order valence-electron chi connectivity index (χ1n) is 8.85. The summed E-state index contributed by atoms with van der Waals surface area (Å²) in [5.74, 6) is -0.351. The molecule has 1 amide bonds. The first-order chi connectivity index (χ1) is 13.8. The van der Waals surface area contributed by atoms with Gasteiger partial charge >= 0.3 is 5.97 Å². The largest absolute Gasteiger partial charge is 0.497 e. The van der Waals surface area contributed by atoms with Gasteiger partial charge in [0.2, 0.25) is 15.9 Å². The highest BCUT2D eigenvalue weighted by Gasteiger charge is 2.19. The molecule has 0 atom stereocenters. The van der Waals surface area contributed by atoms with Crippen LogP contribution in [0.5, 0.6) is 5.75 Å². The van der Waals surface area contributed by atoms with Crippen molar-refractivity contribution in [2.45, 2.75) is 12.8 Å². The Kier molecular flexibility index (Phi) is 7.60. The zero-order chi connectivity index (χ0) is 21.4. The fraction of sp³-hybridized carbons (Fsp3) is 0.300. The van der Waals surface area contributed by atoms with E-state index in [4.69, 9.17) is 9.47 Å². The van der Waals surface area contributed by atoms with Gasteiger partial charge in [0.15, 0.2) is 0 Å². The molecule has 2 rings (SSSR count). The Labute approximate surface area is 170 Å². The minimum atomic E-state index is -3.54. The number of ether oxygens (including phenoxy) is 2. The van der Waals surface area contributed by atoms with E-state index >= 15 is 0 Å². The highest BCUT2D eigenvalue weighted by molar-refractivity contribution is 7.92. The topological polar surface area (TPSA) is 102 Å². The van der Waals surface area contributed by atoms with Crippen LogP contribution in [0.2, 0.25) is 0 Å².